The molecular formula is C75H134O6. The van der Waals surface area contributed by atoms with E-state index in [1.165, 1.54) is 225 Å². The van der Waals surface area contributed by atoms with E-state index < -0.39 is 6.10 Å². The highest BCUT2D eigenvalue weighted by molar-refractivity contribution is 5.71. The number of rotatable bonds is 65. The molecule has 0 spiro atoms. The molecule has 0 aliphatic rings. The number of carbonyl (C=O) groups excluding carboxylic acids is 3. The van der Waals surface area contributed by atoms with Crippen LogP contribution in [0.2, 0.25) is 0 Å². The molecule has 1 unspecified atom stereocenters. The molecule has 0 aromatic carbocycles. The molecule has 0 aromatic heterocycles. The normalized spacial score (nSPS) is 12.5. The van der Waals surface area contributed by atoms with Gasteiger partial charge in [-0.25, -0.2) is 0 Å². The van der Waals surface area contributed by atoms with Crippen LogP contribution in [0.5, 0.6) is 0 Å². The zero-order valence-electron chi connectivity index (χ0n) is 54.1. The zero-order chi connectivity index (χ0) is 58.5. The molecule has 81 heavy (non-hydrogen) atoms. The first-order chi connectivity index (χ1) is 40.0. The topological polar surface area (TPSA) is 78.9 Å². The first-order valence-corrected chi connectivity index (χ1v) is 35.4. The molecule has 0 saturated heterocycles. The Bertz CT molecular complexity index is 1490. The Balaban J connectivity index is 4.11. The second kappa shape index (κ2) is 69.3. The number of hydrogen-bond acceptors (Lipinski definition) is 6. The van der Waals surface area contributed by atoms with E-state index in [-0.39, 0.29) is 31.1 Å². The highest BCUT2D eigenvalue weighted by atomic mass is 16.6. The van der Waals surface area contributed by atoms with Crippen LogP contribution in [0.4, 0.5) is 0 Å². The van der Waals surface area contributed by atoms with Gasteiger partial charge in [0.05, 0.1) is 0 Å². The van der Waals surface area contributed by atoms with Gasteiger partial charge < -0.3 is 14.2 Å². The molecule has 0 saturated carbocycles. The van der Waals surface area contributed by atoms with Crippen LogP contribution >= 0.6 is 0 Å². The SMILES string of the molecule is CC/C=C\C/C=C\C/C=C\C/C=C\CCCCCCCCC(=O)OC(COC(=O)CCCCCCC/C=C\CCCC)COC(=O)CCCCCCCCCCCCCCCCCCCCCCC/C=C\CCCCCCCCCC. The molecule has 6 nitrogen and oxygen atoms in total. The number of allylic oxidation sites excluding steroid dienone is 12. The van der Waals surface area contributed by atoms with Gasteiger partial charge in [0, 0.05) is 19.3 Å². The van der Waals surface area contributed by atoms with Crippen LogP contribution in [0.25, 0.3) is 0 Å². The Morgan fingerprint density at radius 3 is 0.802 bits per heavy atom. The van der Waals surface area contributed by atoms with Gasteiger partial charge in [0.2, 0.25) is 0 Å². The van der Waals surface area contributed by atoms with Crippen molar-refractivity contribution in [3.63, 3.8) is 0 Å². The van der Waals surface area contributed by atoms with Gasteiger partial charge in [0.25, 0.3) is 0 Å². The fraction of sp³-hybridized carbons (Fsp3) is 0.800. The van der Waals surface area contributed by atoms with Crippen LogP contribution < -0.4 is 0 Å². The minimum atomic E-state index is -0.786. The standard InChI is InChI=1S/C75H134O6/c1-4-7-10-13-16-19-22-24-26-28-30-31-32-33-34-35-36-37-38-39-40-41-42-43-45-46-48-50-53-56-59-62-65-68-74(77)80-71-72(70-79-73(76)67-64-61-58-55-52-21-18-15-12-9-6-3)81-75(78)69-66-63-60-57-54-51-49-47-44-29-27-25-23-20-17-14-11-8-5-2/h8,11,15,17-18,20,25,27-28,30,44,47,72H,4-7,9-10,12-14,16,19,21-24,26,29,31-43,45-46,48-71H2,1-3H3/b11-8-,18-15-,20-17-,27-25-,30-28-,47-44-. The molecule has 0 aliphatic heterocycles. The van der Waals surface area contributed by atoms with Crippen molar-refractivity contribution < 1.29 is 28.6 Å². The maximum Gasteiger partial charge on any atom is 0.306 e. The molecule has 1 atom stereocenters. The van der Waals surface area contributed by atoms with E-state index in [1.807, 2.05) is 0 Å². The molecule has 0 bridgehead atoms. The summed E-state index contributed by atoms with van der Waals surface area (Å²) in [6.07, 6.45) is 91.0. The van der Waals surface area contributed by atoms with Gasteiger partial charge in [0.1, 0.15) is 13.2 Å². The first-order valence-electron chi connectivity index (χ1n) is 35.4. The van der Waals surface area contributed by atoms with Gasteiger partial charge in [-0.15, -0.1) is 0 Å². The summed E-state index contributed by atoms with van der Waals surface area (Å²) in [5.74, 6) is -0.888. The van der Waals surface area contributed by atoms with Crippen molar-refractivity contribution in [1.29, 1.82) is 0 Å². The lowest BCUT2D eigenvalue weighted by atomic mass is 10.0. The highest BCUT2D eigenvalue weighted by Gasteiger charge is 2.19. The Morgan fingerprint density at radius 1 is 0.259 bits per heavy atom. The minimum Gasteiger partial charge on any atom is -0.462 e. The molecule has 6 heteroatoms. The lowest BCUT2D eigenvalue weighted by molar-refractivity contribution is -0.167. The van der Waals surface area contributed by atoms with Gasteiger partial charge >= 0.3 is 17.9 Å². The van der Waals surface area contributed by atoms with E-state index >= 15 is 0 Å². The van der Waals surface area contributed by atoms with Crippen molar-refractivity contribution in [1.82, 2.24) is 0 Å². The average molecular weight is 1130 g/mol. The van der Waals surface area contributed by atoms with E-state index in [2.05, 4.69) is 93.7 Å². The fourth-order valence-corrected chi connectivity index (χ4v) is 10.4. The van der Waals surface area contributed by atoms with Crippen molar-refractivity contribution in [2.75, 3.05) is 13.2 Å². The molecule has 0 N–H and O–H groups in total. The third-order valence-electron chi connectivity index (χ3n) is 15.7. The summed E-state index contributed by atoms with van der Waals surface area (Å²) < 4.78 is 16.9. The molecule has 0 radical (unpaired) electrons. The second-order valence-corrected chi connectivity index (χ2v) is 23.8. The summed E-state index contributed by atoms with van der Waals surface area (Å²) in [5, 5.41) is 0. The van der Waals surface area contributed by atoms with E-state index in [9.17, 15) is 14.4 Å². The van der Waals surface area contributed by atoms with Gasteiger partial charge in [-0.1, -0.05) is 318 Å². The van der Waals surface area contributed by atoms with Crippen molar-refractivity contribution in [3.8, 4) is 0 Å². The molecule has 0 rings (SSSR count). The van der Waals surface area contributed by atoms with E-state index in [0.29, 0.717) is 19.3 Å². The van der Waals surface area contributed by atoms with E-state index in [1.54, 1.807) is 0 Å². The lowest BCUT2D eigenvalue weighted by Crippen LogP contribution is -2.30. The van der Waals surface area contributed by atoms with E-state index in [4.69, 9.17) is 14.2 Å². The molecule has 0 fully saturated rings. The summed E-state index contributed by atoms with van der Waals surface area (Å²) in [6, 6.07) is 0. The molecule has 0 aliphatic carbocycles. The van der Waals surface area contributed by atoms with Crippen LogP contribution in [-0.4, -0.2) is 37.2 Å². The Morgan fingerprint density at radius 2 is 0.494 bits per heavy atom. The lowest BCUT2D eigenvalue weighted by Gasteiger charge is -2.18. The number of ether oxygens (including phenoxy) is 3. The van der Waals surface area contributed by atoms with Crippen LogP contribution in [0.3, 0.4) is 0 Å². The fourth-order valence-electron chi connectivity index (χ4n) is 10.4. The molecule has 0 heterocycles. The van der Waals surface area contributed by atoms with Gasteiger partial charge in [0.15, 0.2) is 6.10 Å². The number of esters is 3. The number of carbonyl (C=O) groups is 3. The zero-order valence-corrected chi connectivity index (χ0v) is 54.1. The van der Waals surface area contributed by atoms with Crippen LogP contribution in [0, 0.1) is 0 Å². The third kappa shape index (κ3) is 67.5. The van der Waals surface area contributed by atoms with E-state index in [0.717, 1.165) is 103 Å². The summed E-state index contributed by atoms with van der Waals surface area (Å²) in [5.41, 5.74) is 0. The Kier molecular flexibility index (Phi) is 66.6. The molecule has 0 aromatic rings. The Labute approximate surface area is 503 Å². The quantitative estimate of drug-likeness (QED) is 0.0261. The van der Waals surface area contributed by atoms with Crippen molar-refractivity contribution in [3.05, 3.63) is 72.9 Å². The smallest absolute Gasteiger partial charge is 0.306 e. The molecule has 0 amide bonds. The summed E-state index contributed by atoms with van der Waals surface area (Å²) in [7, 11) is 0. The molecule has 470 valence electrons. The van der Waals surface area contributed by atoms with Crippen LogP contribution in [-0.2, 0) is 28.6 Å². The minimum absolute atomic E-state index is 0.0810. The third-order valence-corrected chi connectivity index (χ3v) is 15.7. The monoisotopic (exact) mass is 1130 g/mol. The van der Waals surface area contributed by atoms with Crippen LogP contribution in [0.1, 0.15) is 367 Å². The summed E-state index contributed by atoms with van der Waals surface area (Å²) in [4.78, 5) is 38.3. The summed E-state index contributed by atoms with van der Waals surface area (Å²) >= 11 is 0. The van der Waals surface area contributed by atoms with Gasteiger partial charge in [-0.2, -0.15) is 0 Å². The second-order valence-electron chi connectivity index (χ2n) is 23.8. The van der Waals surface area contributed by atoms with Crippen molar-refractivity contribution >= 4 is 17.9 Å². The number of unbranched alkanes of at least 4 members (excludes halogenated alkanes) is 42. The predicted octanol–water partition coefficient (Wildman–Crippen LogP) is 24.4. The maximum absolute atomic E-state index is 12.9. The van der Waals surface area contributed by atoms with Crippen molar-refractivity contribution in [2.24, 2.45) is 0 Å². The number of hydrogen-bond donors (Lipinski definition) is 0. The largest absolute Gasteiger partial charge is 0.462 e. The first kappa shape index (κ1) is 77.9. The average Bonchev–Trinajstić information content (AvgIpc) is 3.47. The predicted molar refractivity (Wildman–Crippen MR) is 353 cm³/mol. The van der Waals surface area contributed by atoms with Crippen molar-refractivity contribution in [2.45, 2.75) is 374 Å². The van der Waals surface area contributed by atoms with Crippen LogP contribution in [0.15, 0.2) is 72.9 Å². The van der Waals surface area contributed by atoms with Gasteiger partial charge in [-0.05, 0) is 103 Å². The molecular weight excluding hydrogens is 997 g/mol. The maximum atomic E-state index is 12.9. The van der Waals surface area contributed by atoms with Gasteiger partial charge in [-0.3, -0.25) is 14.4 Å². The Hall–Kier alpha value is -3.15. The summed E-state index contributed by atoms with van der Waals surface area (Å²) in [6.45, 7) is 6.51. The highest BCUT2D eigenvalue weighted by Crippen LogP contribution is 2.18.